The van der Waals surface area contributed by atoms with Crippen molar-refractivity contribution in [1.29, 1.82) is 0 Å². The average molecular weight is 322 g/mol. The van der Waals surface area contributed by atoms with Crippen molar-refractivity contribution in [2.24, 2.45) is 23.0 Å². The third-order valence-electron chi connectivity index (χ3n) is 6.69. The molecule has 3 fully saturated rings. The molecule has 0 aliphatic heterocycles. The SMILES string of the molecule is CCO[C@H]1C[C@@H](N(C)C(=O)C2CCC(C(N)=O)CC2)C12CCC2. The molecule has 5 heteroatoms. The fourth-order valence-corrected chi connectivity index (χ4v) is 5.01. The van der Waals surface area contributed by atoms with Crippen molar-refractivity contribution in [3.8, 4) is 0 Å². The molecule has 3 rings (SSSR count). The van der Waals surface area contributed by atoms with Gasteiger partial charge in [-0.15, -0.1) is 0 Å². The molecule has 0 heterocycles. The van der Waals surface area contributed by atoms with Crippen LogP contribution in [0.3, 0.4) is 0 Å². The van der Waals surface area contributed by atoms with E-state index in [-0.39, 0.29) is 29.1 Å². The van der Waals surface area contributed by atoms with Crippen LogP contribution < -0.4 is 5.73 Å². The Hall–Kier alpha value is -1.10. The summed E-state index contributed by atoms with van der Waals surface area (Å²) in [6.45, 7) is 2.81. The van der Waals surface area contributed by atoms with Gasteiger partial charge in [0, 0.05) is 36.9 Å². The second kappa shape index (κ2) is 6.42. The molecule has 3 saturated carbocycles. The molecule has 130 valence electrons. The first kappa shape index (κ1) is 16.7. The first-order valence-corrected chi connectivity index (χ1v) is 9.17. The predicted octanol–water partition coefficient (Wildman–Crippen LogP) is 2.08. The highest BCUT2D eigenvalue weighted by molar-refractivity contribution is 5.80. The molecule has 23 heavy (non-hydrogen) atoms. The van der Waals surface area contributed by atoms with Gasteiger partial charge < -0.3 is 15.4 Å². The van der Waals surface area contributed by atoms with E-state index >= 15 is 0 Å². The zero-order valence-electron chi connectivity index (χ0n) is 14.4. The molecule has 0 saturated heterocycles. The van der Waals surface area contributed by atoms with E-state index < -0.39 is 0 Å². The van der Waals surface area contributed by atoms with Crippen molar-refractivity contribution >= 4 is 11.8 Å². The summed E-state index contributed by atoms with van der Waals surface area (Å²) in [5, 5.41) is 0. The van der Waals surface area contributed by atoms with E-state index in [0.717, 1.165) is 38.7 Å². The minimum Gasteiger partial charge on any atom is -0.378 e. The zero-order valence-corrected chi connectivity index (χ0v) is 14.4. The summed E-state index contributed by atoms with van der Waals surface area (Å²) in [6.07, 6.45) is 8.07. The minimum atomic E-state index is -0.212. The Morgan fingerprint density at radius 3 is 2.26 bits per heavy atom. The molecule has 0 aromatic heterocycles. The summed E-state index contributed by atoms with van der Waals surface area (Å²) < 4.78 is 5.89. The van der Waals surface area contributed by atoms with Gasteiger partial charge in [-0.3, -0.25) is 9.59 Å². The monoisotopic (exact) mass is 322 g/mol. The van der Waals surface area contributed by atoms with Crippen molar-refractivity contribution in [1.82, 2.24) is 4.90 Å². The molecule has 1 spiro atoms. The lowest BCUT2D eigenvalue weighted by molar-refractivity contribution is -0.204. The molecule has 0 bridgehead atoms. The van der Waals surface area contributed by atoms with E-state index in [2.05, 4.69) is 0 Å². The van der Waals surface area contributed by atoms with Crippen LogP contribution in [0.25, 0.3) is 0 Å². The third-order valence-corrected chi connectivity index (χ3v) is 6.69. The summed E-state index contributed by atoms with van der Waals surface area (Å²) in [5.41, 5.74) is 5.61. The molecule has 3 aliphatic carbocycles. The van der Waals surface area contributed by atoms with Crippen molar-refractivity contribution in [2.45, 2.75) is 70.4 Å². The Morgan fingerprint density at radius 2 is 1.78 bits per heavy atom. The van der Waals surface area contributed by atoms with Crippen LogP contribution in [0, 0.1) is 17.3 Å². The Bertz CT molecular complexity index is 467. The maximum atomic E-state index is 12.9. The molecule has 0 aromatic rings. The summed E-state index contributed by atoms with van der Waals surface area (Å²) in [5.74, 6) is 0.0857. The van der Waals surface area contributed by atoms with Gasteiger partial charge in [0.2, 0.25) is 11.8 Å². The maximum absolute atomic E-state index is 12.9. The highest BCUT2D eigenvalue weighted by Gasteiger charge is 2.61. The number of amides is 2. The van der Waals surface area contributed by atoms with Gasteiger partial charge in [-0.25, -0.2) is 0 Å². The van der Waals surface area contributed by atoms with E-state index in [4.69, 9.17) is 10.5 Å². The first-order valence-electron chi connectivity index (χ1n) is 9.17. The van der Waals surface area contributed by atoms with Crippen molar-refractivity contribution in [2.75, 3.05) is 13.7 Å². The fourth-order valence-electron chi connectivity index (χ4n) is 5.01. The van der Waals surface area contributed by atoms with Crippen molar-refractivity contribution in [3.05, 3.63) is 0 Å². The summed E-state index contributed by atoms with van der Waals surface area (Å²) in [6, 6.07) is 0.342. The summed E-state index contributed by atoms with van der Waals surface area (Å²) in [4.78, 5) is 26.1. The van der Waals surface area contributed by atoms with Gasteiger partial charge in [-0.05, 0) is 51.9 Å². The maximum Gasteiger partial charge on any atom is 0.225 e. The van der Waals surface area contributed by atoms with Crippen LogP contribution in [0.15, 0.2) is 0 Å². The molecule has 0 aromatic carbocycles. The molecule has 0 radical (unpaired) electrons. The van der Waals surface area contributed by atoms with E-state index in [1.165, 1.54) is 19.3 Å². The van der Waals surface area contributed by atoms with Gasteiger partial charge in [0.15, 0.2) is 0 Å². The zero-order chi connectivity index (χ0) is 16.6. The van der Waals surface area contributed by atoms with Crippen LogP contribution >= 0.6 is 0 Å². The standard InChI is InChI=1S/C18H30N2O3/c1-3-23-15-11-14(18(15)9-4-10-18)20(2)17(22)13-7-5-12(6-8-13)16(19)21/h12-15H,3-11H2,1-2H3,(H2,19,21)/t12?,13?,14-,15+/m1/s1. The molecule has 2 amide bonds. The number of carbonyl (C=O) groups is 2. The third kappa shape index (κ3) is 2.77. The largest absolute Gasteiger partial charge is 0.378 e. The van der Waals surface area contributed by atoms with Crippen LogP contribution in [-0.2, 0) is 14.3 Å². The van der Waals surface area contributed by atoms with Crippen LogP contribution in [0.2, 0.25) is 0 Å². The fraction of sp³-hybridized carbons (Fsp3) is 0.889. The Morgan fingerprint density at radius 1 is 1.17 bits per heavy atom. The molecule has 5 nitrogen and oxygen atoms in total. The molecule has 2 N–H and O–H groups in total. The topological polar surface area (TPSA) is 72.6 Å². The second-order valence-corrected chi connectivity index (χ2v) is 7.68. The highest BCUT2D eigenvalue weighted by atomic mass is 16.5. The number of hydrogen-bond donors (Lipinski definition) is 1. The van der Waals surface area contributed by atoms with E-state index in [1.54, 1.807) is 0 Å². The van der Waals surface area contributed by atoms with Gasteiger partial charge in [0.05, 0.1) is 6.10 Å². The van der Waals surface area contributed by atoms with Gasteiger partial charge in [-0.1, -0.05) is 6.42 Å². The number of ether oxygens (including phenoxy) is 1. The minimum absolute atomic E-state index is 0.0339. The lowest BCUT2D eigenvalue weighted by Crippen LogP contribution is -2.68. The number of rotatable bonds is 5. The molecular weight excluding hydrogens is 292 g/mol. The molecule has 0 unspecified atom stereocenters. The molecular formula is C18H30N2O3. The summed E-state index contributed by atoms with van der Waals surface area (Å²) in [7, 11) is 1.97. The predicted molar refractivity (Wildman–Crippen MR) is 87.5 cm³/mol. The average Bonchev–Trinajstić information content (AvgIpc) is 2.48. The van der Waals surface area contributed by atoms with Crippen molar-refractivity contribution < 1.29 is 14.3 Å². The van der Waals surface area contributed by atoms with Crippen LogP contribution in [0.4, 0.5) is 0 Å². The highest BCUT2D eigenvalue weighted by Crippen LogP contribution is 2.59. The van der Waals surface area contributed by atoms with Crippen LogP contribution in [-0.4, -0.2) is 42.5 Å². The first-order chi connectivity index (χ1) is 11.0. The molecule has 2 atom stereocenters. The van der Waals surface area contributed by atoms with Gasteiger partial charge in [0.25, 0.3) is 0 Å². The number of hydrogen-bond acceptors (Lipinski definition) is 3. The quantitative estimate of drug-likeness (QED) is 0.842. The number of nitrogens with two attached hydrogens (primary N) is 1. The smallest absolute Gasteiger partial charge is 0.225 e. The Labute approximate surface area is 138 Å². The van der Waals surface area contributed by atoms with E-state index in [9.17, 15) is 9.59 Å². The number of carbonyl (C=O) groups excluding carboxylic acids is 2. The van der Waals surface area contributed by atoms with Crippen LogP contribution in [0.1, 0.15) is 58.3 Å². The lowest BCUT2D eigenvalue weighted by atomic mass is 9.50. The number of nitrogens with zero attached hydrogens (tertiary/aromatic N) is 1. The molecule has 3 aliphatic rings. The summed E-state index contributed by atoms with van der Waals surface area (Å²) >= 11 is 0. The van der Waals surface area contributed by atoms with E-state index in [1.807, 2.05) is 18.9 Å². The van der Waals surface area contributed by atoms with Crippen molar-refractivity contribution in [3.63, 3.8) is 0 Å². The van der Waals surface area contributed by atoms with E-state index in [0.29, 0.717) is 12.1 Å². The van der Waals surface area contributed by atoms with Gasteiger partial charge >= 0.3 is 0 Å². The Kier molecular flexibility index (Phi) is 4.68. The van der Waals surface area contributed by atoms with Gasteiger partial charge in [-0.2, -0.15) is 0 Å². The Balaban J connectivity index is 1.57. The van der Waals surface area contributed by atoms with Crippen LogP contribution in [0.5, 0.6) is 0 Å². The van der Waals surface area contributed by atoms with Gasteiger partial charge in [0.1, 0.15) is 0 Å². The number of primary amides is 1. The normalized spacial score (nSPS) is 35.2. The second-order valence-electron chi connectivity index (χ2n) is 7.68. The lowest BCUT2D eigenvalue weighted by Gasteiger charge is -2.63.